The largest absolute Gasteiger partial charge is 0.362 e. The van der Waals surface area contributed by atoms with E-state index in [1.807, 2.05) is 26.0 Å². The Kier molecular flexibility index (Phi) is 5.38. The second-order valence-corrected chi connectivity index (χ2v) is 12.1. The summed E-state index contributed by atoms with van der Waals surface area (Å²) in [4.78, 5) is 0. The predicted molar refractivity (Wildman–Crippen MR) is 123 cm³/mol. The standard InChI is InChI=1S/C28H36F2O2/c1-25(2,3)23-20-15-17(29)10-12-21(20)28(8,32-23)14-13-26(4,5)24-19-11-9-18(30)16-22(19)27(6,7)31-24/h9-12,15-16,23-24H,13-14H2,1-8H3. The van der Waals surface area contributed by atoms with Crippen molar-refractivity contribution in [2.45, 2.75) is 91.6 Å². The third kappa shape index (κ3) is 3.90. The van der Waals surface area contributed by atoms with Gasteiger partial charge in [0, 0.05) is 0 Å². The van der Waals surface area contributed by atoms with Crippen molar-refractivity contribution in [3.05, 3.63) is 70.3 Å². The fourth-order valence-corrected chi connectivity index (χ4v) is 5.43. The van der Waals surface area contributed by atoms with E-state index in [4.69, 9.17) is 9.47 Å². The smallest absolute Gasteiger partial charge is 0.123 e. The highest BCUT2D eigenvalue weighted by molar-refractivity contribution is 5.40. The van der Waals surface area contributed by atoms with Gasteiger partial charge in [-0.05, 0) is 91.0 Å². The van der Waals surface area contributed by atoms with Crippen LogP contribution in [0.15, 0.2) is 36.4 Å². The number of fused-ring (bicyclic) bond motifs is 2. The van der Waals surface area contributed by atoms with Gasteiger partial charge in [0.25, 0.3) is 0 Å². The lowest BCUT2D eigenvalue weighted by Crippen LogP contribution is -2.30. The van der Waals surface area contributed by atoms with E-state index in [1.54, 1.807) is 12.1 Å². The van der Waals surface area contributed by atoms with Gasteiger partial charge in [-0.25, -0.2) is 8.78 Å². The van der Waals surface area contributed by atoms with Crippen LogP contribution in [0, 0.1) is 22.5 Å². The Labute approximate surface area is 191 Å². The summed E-state index contributed by atoms with van der Waals surface area (Å²) in [6.45, 7) is 16.9. The summed E-state index contributed by atoms with van der Waals surface area (Å²) in [5, 5.41) is 0. The van der Waals surface area contributed by atoms with Crippen molar-refractivity contribution in [2.75, 3.05) is 0 Å². The lowest BCUT2D eigenvalue weighted by atomic mass is 9.75. The zero-order valence-electron chi connectivity index (χ0n) is 20.6. The zero-order valence-corrected chi connectivity index (χ0v) is 20.6. The second-order valence-electron chi connectivity index (χ2n) is 12.1. The lowest BCUT2D eigenvalue weighted by molar-refractivity contribution is -0.130. The molecule has 0 spiro atoms. The first kappa shape index (κ1) is 23.4. The van der Waals surface area contributed by atoms with Gasteiger partial charge in [0.05, 0.1) is 23.4 Å². The fraction of sp³-hybridized carbons (Fsp3) is 0.571. The Morgan fingerprint density at radius 1 is 0.781 bits per heavy atom. The average molecular weight is 443 g/mol. The Morgan fingerprint density at radius 3 is 2.06 bits per heavy atom. The van der Waals surface area contributed by atoms with E-state index in [2.05, 4.69) is 41.5 Å². The summed E-state index contributed by atoms with van der Waals surface area (Å²) in [7, 11) is 0. The molecule has 2 nitrogen and oxygen atoms in total. The van der Waals surface area contributed by atoms with Gasteiger partial charge >= 0.3 is 0 Å². The maximum Gasteiger partial charge on any atom is 0.123 e. The summed E-state index contributed by atoms with van der Waals surface area (Å²) in [5.74, 6) is -0.459. The third-order valence-corrected chi connectivity index (χ3v) is 7.35. The van der Waals surface area contributed by atoms with E-state index in [0.29, 0.717) is 0 Å². The van der Waals surface area contributed by atoms with Crippen molar-refractivity contribution in [2.24, 2.45) is 10.8 Å². The second kappa shape index (κ2) is 7.36. The molecule has 0 bridgehead atoms. The summed E-state index contributed by atoms with van der Waals surface area (Å²) in [6, 6.07) is 10.0. The first-order valence-electron chi connectivity index (χ1n) is 11.6. The molecule has 174 valence electrons. The molecule has 2 aliphatic heterocycles. The van der Waals surface area contributed by atoms with Crippen LogP contribution in [0.3, 0.4) is 0 Å². The van der Waals surface area contributed by atoms with E-state index in [-0.39, 0.29) is 34.7 Å². The molecule has 2 aromatic carbocycles. The number of ether oxygens (including phenoxy) is 2. The quantitative estimate of drug-likeness (QED) is 0.476. The maximum absolute atomic E-state index is 14.1. The molecule has 3 atom stereocenters. The van der Waals surface area contributed by atoms with Crippen LogP contribution in [-0.4, -0.2) is 0 Å². The van der Waals surface area contributed by atoms with E-state index < -0.39 is 11.2 Å². The summed E-state index contributed by atoms with van der Waals surface area (Å²) in [6.07, 6.45) is 1.33. The van der Waals surface area contributed by atoms with Gasteiger partial charge in [-0.15, -0.1) is 0 Å². The van der Waals surface area contributed by atoms with E-state index in [9.17, 15) is 8.78 Å². The number of benzene rings is 2. The van der Waals surface area contributed by atoms with Crippen LogP contribution in [0.25, 0.3) is 0 Å². The van der Waals surface area contributed by atoms with Gasteiger partial charge in [0.1, 0.15) is 11.6 Å². The summed E-state index contributed by atoms with van der Waals surface area (Å²) >= 11 is 0. The van der Waals surface area contributed by atoms with Crippen LogP contribution < -0.4 is 0 Å². The van der Waals surface area contributed by atoms with Crippen molar-refractivity contribution in [3.63, 3.8) is 0 Å². The molecular formula is C28H36F2O2. The minimum Gasteiger partial charge on any atom is -0.362 e. The molecular weight excluding hydrogens is 406 g/mol. The minimum absolute atomic E-state index is 0.135. The molecule has 2 heterocycles. The molecule has 0 radical (unpaired) electrons. The molecule has 2 aromatic rings. The number of hydrogen-bond donors (Lipinski definition) is 0. The lowest BCUT2D eigenvalue weighted by Gasteiger charge is -2.37. The molecule has 0 aliphatic carbocycles. The highest BCUT2D eigenvalue weighted by atomic mass is 19.1. The molecule has 0 aromatic heterocycles. The molecule has 0 fully saturated rings. The number of halogens is 2. The zero-order chi connectivity index (χ0) is 23.7. The monoisotopic (exact) mass is 442 g/mol. The van der Waals surface area contributed by atoms with Crippen LogP contribution in [0.5, 0.6) is 0 Å². The Balaban J connectivity index is 1.61. The molecule has 0 saturated carbocycles. The van der Waals surface area contributed by atoms with E-state index in [1.165, 1.54) is 12.1 Å². The van der Waals surface area contributed by atoms with Crippen molar-refractivity contribution in [1.29, 1.82) is 0 Å². The normalized spacial score (nSPS) is 26.8. The summed E-state index contributed by atoms with van der Waals surface area (Å²) < 4.78 is 41.2. The van der Waals surface area contributed by atoms with Crippen LogP contribution in [-0.2, 0) is 20.7 Å². The van der Waals surface area contributed by atoms with Gasteiger partial charge in [-0.3, -0.25) is 0 Å². The van der Waals surface area contributed by atoms with Crippen molar-refractivity contribution in [1.82, 2.24) is 0 Å². The Bertz CT molecular complexity index is 1030. The minimum atomic E-state index is -0.533. The van der Waals surface area contributed by atoms with Crippen LogP contribution in [0.2, 0.25) is 0 Å². The van der Waals surface area contributed by atoms with Gasteiger partial charge in [-0.2, -0.15) is 0 Å². The molecule has 4 rings (SSSR count). The van der Waals surface area contributed by atoms with E-state index in [0.717, 1.165) is 35.1 Å². The first-order valence-corrected chi connectivity index (χ1v) is 11.6. The van der Waals surface area contributed by atoms with E-state index >= 15 is 0 Å². The highest BCUT2D eigenvalue weighted by Gasteiger charge is 2.49. The predicted octanol–water partition coefficient (Wildman–Crippen LogP) is 8.11. The molecule has 32 heavy (non-hydrogen) atoms. The van der Waals surface area contributed by atoms with Crippen LogP contribution in [0.1, 0.15) is 103 Å². The number of hydrogen-bond acceptors (Lipinski definition) is 2. The molecule has 0 N–H and O–H groups in total. The van der Waals surface area contributed by atoms with Crippen molar-refractivity contribution in [3.8, 4) is 0 Å². The van der Waals surface area contributed by atoms with Gasteiger partial charge in [0.2, 0.25) is 0 Å². The van der Waals surface area contributed by atoms with Crippen LogP contribution in [0.4, 0.5) is 8.78 Å². The molecule has 4 heteroatoms. The molecule has 3 unspecified atom stereocenters. The van der Waals surface area contributed by atoms with Gasteiger partial charge < -0.3 is 9.47 Å². The Hall–Kier alpha value is -1.78. The number of rotatable bonds is 4. The maximum atomic E-state index is 14.1. The first-order chi connectivity index (χ1) is 14.6. The molecule has 0 amide bonds. The Morgan fingerprint density at radius 2 is 1.41 bits per heavy atom. The summed E-state index contributed by atoms with van der Waals surface area (Å²) in [5.41, 5.74) is 2.64. The van der Waals surface area contributed by atoms with Crippen molar-refractivity contribution < 1.29 is 18.3 Å². The van der Waals surface area contributed by atoms with Crippen LogP contribution >= 0.6 is 0 Å². The van der Waals surface area contributed by atoms with Crippen molar-refractivity contribution >= 4 is 0 Å². The fourth-order valence-electron chi connectivity index (χ4n) is 5.43. The third-order valence-electron chi connectivity index (χ3n) is 7.35. The average Bonchev–Trinajstić information content (AvgIpc) is 3.12. The van der Waals surface area contributed by atoms with Gasteiger partial charge in [-0.1, -0.05) is 46.8 Å². The highest BCUT2D eigenvalue weighted by Crippen LogP contribution is 2.56. The topological polar surface area (TPSA) is 18.5 Å². The van der Waals surface area contributed by atoms with Gasteiger partial charge in [0.15, 0.2) is 0 Å². The SMILES string of the molecule is CC1(C)OC(C(C)(C)CCC2(C)OC(C(C)(C)C)c3cc(F)ccc32)c2ccc(F)cc21. The molecule has 2 aliphatic rings. The molecule has 0 saturated heterocycles.